The van der Waals surface area contributed by atoms with E-state index in [0.717, 1.165) is 12.0 Å². The Balaban J connectivity index is 2.49. The van der Waals surface area contributed by atoms with Crippen LogP contribution in [0.1, 0.15) is 43.1 Å². The average molecular weight is 264 g/mol. The van der Waals surface area contributed by atoms with Crippen molar-refractivity contribution in [2.45, 2.75) is 39.3 Å². The number of rotatable bonds is 7. The van der Waals surface area contributed by atoms with Gasteiger partial charge in [-0.25, -0.2) is 0 Å². The fourth-order valence-electron chi connectivity index (χ4n) is 2.26. The molecule has 0 aliphatic carbocycles. The number of carbonyl (C=O) groups is 1. The third-order valence-corrected chi connectivity index (χ3v) is 2.89. The molecule has 1 amide bonds. The molecule has 0 spiro atoms. The average Bonchev–Trinajstić information content (AvgIpc) is 2.27. The monoisotopic (exact) mass is 264 g/mol. The summed E-state index contributed by atoms with van der Waals surface area (Å²) in [5.74, 6) is 0.0312. The molecule has 0 fully saturated rings. The van der Waals surface area contributed by atoms with Gasteiger partial charge in [0.15, 0.2) is 0 Å². The van der Waals surface area contributed by atoms with E-state index in [1.54, 1.807) is 12.1 Å². The van der Waals surface area contributed by atoms with Crippen LogP contribution < -0.4 is 11.1 Å². The van der Waals surface area contributed by atoms with E-state index >= 15 is 0 Å². The van der Waals surface area contributed by atoms with Crippen molar-refractivity contribution < 1.29 is 9.90 Å². The van der Waals surface area contributed by atoms with Crippen LogP contribution in [0.4, 0.5) is 0 Å². The van der Waals surface area contributed by atoms with Crippen LogP contribution in [-0.2, 0) is 6.54 Å². The van der Waals surface area contributed by atoms with E-state index in [4.69, 9.17) is 5.73 Å². The van der Waals surface area contributed by atoms with Crippen LogP contribution in [0.3, 0.4) is 0 Å². The van der Waals surface area contributed by atoms with Gasteiger partial charge in [-0.3, -0.25) is 4.79 Å². The highest BCUT2D eigenvalue weighted by Crippen LogP contribution is 2.15. The lowest BCUT2D eigenvalue weighted by Gasteiger charge is -2.25. The van der Waals surface area contributed by atoms with Crippen LogP contribution in [-0.4, -0.2) is 23.2 Å². The Morgan fingerprint density at radius 3 is 2.74 bits per heavy atom. The molecule has 1 rings (SSSR count). The van der Waals surface area contributed by atoms with Crippen LogP contribution in [0.25, 0.3) is 0 Å². The molecule has 0 saturated heterocycles. The van der Waals surface area contributed by atoms with Crippen LogP contribution >= 0.6 is 0 Å². The SMILES string of the molecule is CC(C)CC(C)(O)CNCc1cccc(C(N)=O)c1. The highest BCUT2D eigenvalue weighted by molar-refractivity contribution is 5.92. The maximum Gasteiger partial charge on any atom is 0.248 e. The molecule has 0 saturated carbocycles. The lowest BCUT2D eigenvalue weighted by atomic mass is 9.94. The zero-order valence-electron chi connectivity index (χ0n) is 11.9. The Labute approximate surface area is 115 Å². The fraction of sp³-hybridized carbons (Fsp3) is 0.533. The van der Waals surface area contributed by atoms with E-state index in [0.29, 0.717) is 24.6 Å². The summed E-state index contributed by atoms with van der Waals surface area (Å²) in [5, 5.41) is 13.4. The molecule has 0 heterocycles. The van der Waals surface area contributed by atoms with E-state index < -0.39 is 11.5 Å². The highest BCUT2D eigenvalue weighted by Gasteiger charge is 2.20. The summed E-state index contributed by atoms with van der Waals surface area (Å²) in [5.41, 5.74) is 6.01. The molecular weight excluding hydrogens is 240 g/mol. The number of aliphatic hydroxyl groups is 1. The standard InChI is InChI=1S/C15H24N2O2/c1-11(2)8-15(3,19)10-17-9-12-5-4-6-13(7-12)14(16)18/h4-7,11,17,19H,8-10H2,1-3H3,(H2,16,18). The van der Waals surface area contributed by atoms with Gasteiger partial charge in [0, 0.05) is 18.7 Å². The Bertz CT molecular complexity index is 428. The van der Waals surface area contributed by atoms with E-state index in [1.165, 1.54) is 0 Å². The van der Waals surface area contributed by atoms with E-state index in [9.17, 15) is 9.90 Å². The molecule has 0 bridgehead atoms. The second-order valence-electron chi connectivity index (χ2n) is 5.76. The minimum absolute atomic E-state index is 0.423. The van der Waals surface area contributed by atoms with Crippen LogP contribution in [0.15, 0.2) is 24.3 Å². The van der Waals surface area contributed by atoms with E-state index in [1.807, 2.05) is 19.1 Å². The molecule has 0 aliphatic heterocycles. The number of benzene rings is 1. The molecule has 1 atom stereocenters. The second kappa shape index (κ2) is 6.68. The Hall–Kier alpha value is -1.39. The van der Waals surface area contributed by atoms with Crippen molar-refractivity contribution in [2.24, 2.45) is 11.7 Å². The summed E-state index contributed by atoms with van der Waals surface area (Å²) in [6.07, 6.45) is 0.751. The van der Waals surface area contributed by atoms with Gasteiger partial charge in [0.25, 0.3) is 0 Å². The molecule has 4 heteroatoms. The van der Waals surface area contributed by atoms with E-state index in [-0.39, 0.29) is 0 Å². The molecular formula is C15H24N2O2. The molecule has 0 radical (unpaired) electrons. The lowest BCUT2D eigenvalue weighted by Crippen LogP contribution is -2.38. The summed E-state index contributed by atoms with van der Waals surface area (Å²) in [4.78, 5) is 11.1. The first-order valence-corrected chi connectivity index (χ1v) is 6.62. The second-order valence-corrected chi connectivity index (χ2v) is 5.76. The molecule has 1 aromatic rings. The Kier molecular flexibility index (Phi) is 5.51. The third-order valence-electron chi connectivity index (χ3n) is 2.89. The topological polar surface area (TPSA) is 75.3 Å². The number of amides is 1. The van der Waals surface area contributed by atoms with Gasteiger partial charge in [-0.1, -0.05) is 26.0 Å². The summed E-state index contributed by atoms with van der Waals surface area (Å²) >= 11 is 0. The predicted molar refractivity (Wildman–Crippen MR) is 76.7 cm³/mol. The smallest absolute Gasteiger partial charge is 0.248 e. The van der Waals surface area contributed by atoms with Crippen molar-refractivity contribution in [3.63, 3.8) is 0 Å². The molecule has 0 aliphatic rings. The van der Waals surface area contributed by atoms with Gasteiger partial charge in [-0.15, -0.1) is 0 Å². The first kappa shape index (κ1) is 15.7. The number of hydrogen-bond donors (Lipinski definition) is 3. The Morgan fingerprint density at radius 1 is 1.47 bits per heavy atom. The minimum Gasteiger partial charge on any atom is -0.389 e. The van der Waals surface area contributed by atoms with Crippen molar-refractivity contribution in [2.75, 3.05) is 6.54 Å². The van der Waals surface area contributed by atoms with Gasteiger partial charge >= 0.3 is 0 Å². The summed E-state index contributed by atoms with van der Waals surface area (Å²) in [7, 11) is 0. The van der Waals surface area contributed by atoms with E-state index in [2.05, 4.69) is 19.2 Å². The summed E-state index contributed by atoms with van der Waals surface area (Å²) < 4.78 is 0. The van der Waals surface area contributed by atoms with Gasteiger partial charge in [-0.05, 0) is 37.0 Å². The van der Waals surface area contributed by atoms with Crippen LogP contribution in [0.2, 0.25) is 0 Å². The molecule has 4 N–H and O–H groups in total. The lowest BCUT2D eigenvalue weighted by molar-refractivity contribution is 0.0383. The maximum atomic E-state index is 11.1. The normalized spacial score (nSPS) is 14.4. The fourth-order valence-corrected chi connectivity index (χ4v) is 2.26. The van der Waals surface area contributed by atoms with Crippen molar-refractivity contribution in [3.05, 3.63) is 35.4 Å². The Morgan fingerprint density at radius 2 is 2.16 bits per heavy atom. The van der Waals surface area contributed by atoms with Crippen molar-refractivity contribution in [1.29, 1.82) is 0 Å². The van der Waals surface area contributed by atoms with Crippen LogP contribution in [0, 0.1) is 5.92 Å². The molecule has 0 aromatic heterocycles. The summed E-state index contributed by atoms with van der Waals surface area (Å²) in [6, 6.07) is 7.20. The zero-order chi connectivity index (χ0) is 14.5. The number of nitrogens with two attached hydrogens (primary N) is 1. The molecule has 19 heavy (non-hydrogen) atoms. The highest BCUT2D eigenvalue weighted by atomic mass is 16.3. The molecule has 4 nitrogen and oxygen atoms in total. The first-order chi connectivity index (χ1) is 8.80. The number of primary amides is 1. The van der Waals surface area contributed by atoms with Gasteiger partial charge in [0.2, 0.25) is 5.91 Å². The number of nitrogens with one attached hydrogen (secondary N) is 1. The molecule has 1 aromatic carbocycles. The van der Waals surface area contributed by atoms with Crippen molar-refractivity contribution in [3.8, 4) is 0 Å². The number of hydrogen-bond acceptors (Lipinski definition) is 3. The third kappa shape index (κ3) is 5.85. The maximum absolute atomic E-state index is 11.1. The largest absolute Gasteiger partial charge is 0.389 e. The number of carbonyl (C=O) groups excluding carboxylic acids is 1. The first-order valence-electron chi connectivity index (χ1n) is 6.62. The van der Waals surface area contributed by atoms with Gasteiger partial charge in [-0.2, -0.15) is 0 Å². The van der Waals surface area contributed by atoms with Gasteiger partial charge in [0.1, 0.15) is 0 Å². The van der Waals surface area contributed by atoms with Gasteiger partial charge < -0.3 is 16.2 Å². The van der Waals surface area contributed by atoms with Crippen molar-refractivity contribution >= 4 is 5.91 Å². The van der Waals surface area contributed by atoms with Gasteiger partial charge in [0.05, 0.1) is 5.60 Å². The minimum atomic E-state index is -0.713. The zero-order valence-corrected chi connectivity index (χ0v) is 11.9. The summed E-state index contributed by atoms with van der Waals surface area (Å²) in [6.45, 7) is 7.14. The van der Waals surface area contributed by atoms with Crippen LogP contribution in [0.5, 0.6) is 0 Å². The quantitative estimate of drug-likeness (QED) is 0.701. The molecule has 1 unspecified atom stereocenters. The molecule has 106 valence electrons. The predicted octanol–water partition coefficient (Wildman–Crippen LogP) is 1.67. The van der Waals surface area contributed by atoms with Crippen molar-refractivity contribution in [1.82, 2.24) is 5.32 Å².